The number of aryl methyl sites for hydroxylation is 3. The second kappa shape index (κ2) is 6.00. The Bertz CT molecular complexity index is 782. The third-order valence-electron chi connectivity index (χ3n) is 3.38. The predicted octanol–water partition coefficient (Wildman–Crippen LogP) is 3.36. The van der Waals surface area contributed by atoms with Crippen LogP contribution in [0, 0.1) is 20.8 Å². The van der Waals surface area contributed by atoms with Crippen LogP contribution in [-0.4, -0.2) is 15.6 Å². The Morgan fingerprint density at radius 3 is 2.43 bits per heavy atom. The zero-order chi connectivity index (χ0) is 15.7. The molecule has 0 spiro atoms. The average Bonchev–Trinajstić information content (AvgIpc) is 2.43. The minimum Gasteiger partial charge on any atom is -0.292 e. The van der Waals surface area contributed by atoms with E-state index in [0.717, 1.165) is 21.4 Å². The average molecular weight is 325 g/mol. The first-order valence-electron chi connectivity index (χ1n) is 6.33. The maximum Gasteiger partial charge on any atom is 0.287 e. The molecule has 0 saturated heterocycles. The number of nitrogens with zero attached hydrogens (tertiary/aromatic N) is 2. The summed E-state index contributed by atoms with van der Waals surface area (Å²) in [5.41, 5.74) is 3.03. The van der Waals surface area contributed by atoms with Crippen molar-refractivity contribution in [3.05, 3.63) is 61.0 Å². The van der Waals surface area contributed by atoms with Crippen LogP contribution >= 0.6 is 23.2 Å². The summed E-state index contributed by atoms with van der Waals surface area (Å²) in [5.74, 6) is -0.191. The van der Waals surface area contributed by atoms with Crippen LogP contribution in [0.15, 0.2) is 23.1 Å². The SMILES string of the molecule is Cc1cc(C)c(C(=O)Cn2ncc(Cl)c(Cl)c2=O)cc1C. The molecule has 0 bridgehead atoms. The van der Waals surface area contributed by atoms with Gasteiger partial charge in [0.15, 0.2) is 5.78 Å². The molecule has 0 unspecified atom stereocenters. The topological polar surface area (TPSA) is 52.0 Å². The second-order valence-electron chi connectivity index (χ2n) is 4.94. The number of Topliss-reactive ketones (excluding diaryl/α,β-unsaturated/α-hetero) is 1. The fourth-order valence-electron chi connectivity index (χ4n) is 2.04. The van der Waals surface area contributed by atoms with E-state index in [9.17, 15) is 9.59 Å². The van der Waals surface area contributed by atoms with Crippen molar-refractivity contribution in [2.75, 3.05) is 0 Å². The minimum absolute atomic E-state index is 0.0766. The van der Waals surface area contributed by atoms with Gasteiger partial charge in [-0.1, -0.05) is 29.3 Å². The van der Waals surface area contributed by atoms with Crippen LogP contribution in [0.25, 0.3) is 0 Å². The van der Waals surface area contributed by atoms with Gasteiger partial charge in [0, 0.05) is 5.56 Å². The maximum atomic E-state index is 12.4. The molecule has 21 heavy (non-hydrogen) atoms. The summed E-state index contributed by atoms with van der Waals surface area (Å²) in [6.45, 7) is 5.63. The van der Waals surface area contributed by atoms with E-state index in [-0.39, 0.29) is 22.4 Å². The van der Waals surface area contributed by atoms with Gasteiger partial charge in [-0.3, -0.25) is 9.59 Å². The standard InChI is InChI=1S/C15H14Cl2N2O2/c1-8-4-10(3)11(5-9(8)2)13(20)7-19-15(21)14(17)12(16)6-18-19/h4-6H,7H2,1-3H3. The van der Waals surface area contributed by atoms with Gasteiger partial charge < -0.3 is 0 Å². The largest absolute Gasteiger partial charge is 0.292 e. The number of aromatic nitrogens is 2. The lowest BCUT2D eigenvalue weighted by Gasteiger charge is -2.10. The van der Waals surface area contributed by atoms with Gasteiger partial charge >= 0.3 is 0 Å². The summed E-state index contributed by atoms with van der Waals surface area (Å²) in [4.78, 5) is 24.3. The monoisotopic (exact) mass is 324 g/mol. The van der Waals surface area contributed by atoms with Gasteiger partial charge in [0.05, 0.1) is 11.2 Å². The molecule has 0 radical (unpaired) electrons. The molecule has 0 atom stereocenters. The van der Waals surface area contributed by atoms with Crippen LogP contribution in [0.1, 0.15) is 27.0 Å². The Labute approximate surface area is 132 Å². The summed E-state index contributed by atoms with van der Waals surface area (Å²) < 4.78 is 1.02. The molecule has 0 N–H and O–H groups in total. The maximum absolute atomic E-state index is 12.4. The molecule has 1 aromatic heterocycles. The highest BCUT2D eigenvalue weighted by molar-refractivity contribution is 6.41. The summed E-state index contributed by atoms with van der Waals surface area (Å²) in [6, 6.07) is 3.78. The van der Waals surface area contributed by atoms with Crippen LogP contribution < -0.4 is 5.56 Å². The second-order valence-corrected chi connectivity index (χ2v) is 5.73. The first-order chi connectivity index (χ1) is 9.81. The van der Waals surface area contributed by atoms with Crippen molar-refractivity contribution in [2.24, 2.45) is 0 Å². The zero-order valence-electron chi connectivity index (χ0n) is 11.9. The van der Waals surface area contributed by atoms with Crippen molar-refractivity contribution in [3.63, 3.8) is 0 Å². The van der Waals surface area contributed by atoms with Crippen molar-refractivity contribution in [2.45, 2.75) is 27.3 Å². The molecular weight excluding hydrogens is 311 g/mol. The van der Waals surface area contributed by atoms with E-state index in [2.05, 4.69) is 5.10 Å². The van der Waals surface area contributed by atoms with Gasteiger partial charge in [0.2, 0.25) is 0 Å². The summed E-state index contributed by atoms with van der Waals surface area (Å²) in [7, 11) is 0. The van der Waals surface area contributed by atoms with Crippen molar-refractivity contribution in [3.8, 4) is 0 Å². The smallest absolute Gasteiger partial charge is 0.287 e. The Balaban J connectivity index is 2.37. The first-order valence-corrected chi connectivity index (χ1v) is 7.09. The number of rotatable bonds is 3. The highest BCUT2D eigenvalue weighted by atomic mass is 35.5. The molecule has 6 heteroatoms. The van der Waals surface area contributed by atoms with Gasteiger partial charge in [-0.25, -0.2) is 4.68 Å². The fraction of sp³-hybridized carbons (Fsp3) is 0.267. The molecule has 0 amide bonds. The van der Waals surface area contributed by atoms with Gasteiger partial charge in [-0.2, -0.15) is 5.10 Å². The van der Waals surface area contributed by atoms with Crippen LogP contribution in [-0.2, 0) is 6.54 Å². The van der Waals surface area contributed by atoms with Gasteiger partial charge in [0.1, 0.15) is 11.6 Å². The Kier molecular flexibility index (Phi) is 4.49. The highest BCUT2D eigenvalue weighted by Crippen LogP contribution is 2.17. The Morgan fingerprint density at radius 1 is 1.14 bits per heavy atom. The van der Waals surface area contributed by atoms with E-state index < -0.39 is 5.56 Å². The zero-order valence-corrected chi connectivity index (χ0v) is 13.4. The molecular formula is C15H14Cl2N2O2. The van der Waals surface area contributed by atoms with Crippen LogP contribution in [0.2, 0.25) is 10.0 Å². The van der Waals surface area contributed by atoms with E-state index in [1.165, 1.54) is 6.20 Å². The predicted molar refractivity (Wildman–Crippen MR) is 83.5 cm³/mol. The van der Waals surface area contributed by atoms with Gasteiger partial charge in [-0.15, -0.1) is 0 Å². The number of benzene rings is 1. The molecule has 0 saturated carbocycles. The number of halogens is 2. The van der Waals surface area contributed by atoms with E-state index in [0.29, 0.717) is 5.56 Å². The number of hydrogen-bond donors (Lipinski definition) is 0. The number of carbonyl (C=O) groups is 1. The van der Waals surface area contributed by atoms with E-state index >= 15 is 0 Å². The molecule has 2 rings (SSSR count). The minimum atomic E-state index is -0.570. The molecule has 0 aliphatic heterocycles. The molecule has 4 nitrogen and oxygen atoms in total. The van der Waals surface area contributed by atoms with Crippen molar-refractivity contribution >= 4 is 29.0 Å². The summed E-state index contributed by atoms with van der Waals surface area (Å²) >= 11 is 11.5. The van der Waals surface area contributed by atoms with Gasteiger partial charge in [-0.05, 0) is 43.5 Å². The van der Waals surface area contributed by atoms with Crippen LogP contribution in [0.4, 0.5) is 0 Å². The van der Waals surface area contributed by atoms with Crippen molar-refractivity contribution < 1.29 is 4.79 Å². The van der Waals surface area contributed by atoms with E-state index in [1.54, 1.807) is 0 Å². The van der Waals surface area contributed by atoms with Crippen molar-refractivity contribution in [1.29, 1.82) is 0 Å². The highest BCUT2D eigenvalue weighted by Gasteiger charge is 2.15. The molecule has 2 aromatic rings. The van der Waals surface area contributed by atoms with E-state index in [1.807, 2.05) is 32.9 Å². The number of hydrogen-bond acceptors (Lipinski definition) is 3. The summed E-state index contributed by atoms with van der Waals surface area (Å²) in [5, 5.41) is 3.79. The Hall–Kier alpha value is -1.65. The molecule has 1 aromatic carbocycles. The third-order valence-corrected chi connectivity index (χ3v) is 4.13. The lowest BCUT2D eigenvalue weighted by atomic mass is 9.98. The third kappa shape index (κ3) is 3.17. The molecule has 0 fully saturated rings. The van der Waals surface area contributed by atoms with Crippen LogP contribution in [0.5, 0.6) is 0 Å². The number of carbonyl (C=O) groups excluding carboxylic acids is 1. The molecule has 1 heterocycles. The van der Waals surface area contributed by atoms with Crippen LogP contribution in [0.3, 0.4) is 0 Å². The molecule has 110 valence electrons. The quantitative estimate of drug-likeness (QED) is 0.813. The fourth-order valence-corrected chi connectivity index (χ4v) is 2.31. The lowest BCUT2D eigenvalue weighted by Crippen LogP contribution is -2.27. The normalized spacial score (nSPS) is 10.7. The molecule has 0 aliphatic carbocycles. The van der Waals surface area contributed by atoms with Gasteiger partial charge in [0.25, 0.3) is 5.56 Å². The number of ketones is 1. The summed E-state index contributed by atoms with van der Waals surface area (Å²) in [6.07, 6.45) is 1.26. The lowest BCUT2D eigenvalue weighted by molar-refractivity contribution is 0.0965. The van der Waals surface area contributed by atoms with Crippen molar-refractivity contribution in [1.82, 2.24) is 9.78 Å². The van der Waals surface area contributed by atoms with E-state index in [4.69, 9.17) is 23.2 Å². The Morgan fingerprint density at radius 2 is 1.76 bits per heavy atom. The molecule has 0 aliphatic rings. The first kappa shape index (κ1) is 15.7.